The van der Waals surface area contributed by atoms with Crippen molar-refractivity contribution in [2.45, 2.75) is 26.4 Å². The van der Waals surface area contributed by atoms with E-state index in [1.54, 1.807) is 20.0 Å². The second kappa shape index (κ2) is 4.45. The number of halogens is 1. The van der Waals surface area contributed by atoms with Crippen LogP contribution in [0.4, 0.5) is 5.95 Å². The van der Waals surface area contributed by atoms with Crippen LogP contribution >= 0.6 is 15.9 Å². The molecule has 0 saturated heterocycles. The van der Waals surface area contributed by atoms with Gasteiger partial charge in [-0.15, -0.1) is 0 Å². The lowest BCUT2D eigenvalue weighted by atomic mass is 10.1. The van der Waals surface area contributed by atoms with Crippen LogP contribution in [0, 0.1) is 6.92 Å². The Morgan fingerprint density at radius 1 is 1.53 bits per heavy atom. The first-order valence-corrected chi connectivity index (χ1v) is 5.51. The number of likely N-dealkylation sites (N-methyl/N-ethyl adjacent to an activating group) is 1. The molecule has 0 saturated carbocycles. The van der Waals surface area contributed by atoms with E-state index in [1.807, 2.05) is 18.9 Å². The molecule has 0 atom stereocenters. The van der Waals surface area contributed by atoms with Crippen LogP contribution in [0.2, 0.25) is 0 Å². The molecule has 1 N–H and O–H groups in total. The van der Waals surface area contributed by atoms with Crippen LogP contribution in [0.25, 0.3) is 0 Å². The fourth-order valence-electron chi connectivity index (χ4n) is 1.28. The van der Waals surface area contributed by atoms with E-state index in [4.69, 9.17) is 0 Å². The van der Waals surface area contributed by atoms with Crippen molar-refractivity contribution in [1.29, 1.82) is 0 Å². The lowest BCUT2D eigenvalue weighted by Crippen LogP contribution is -2.37. The van der Waals surface area contributed by atoms with Crippen LogP contribution in [0.1, 0.15) is 19.5 Å². The van der Waals surface area contributed by atoms with E-state index in [1.165, 1.54) is 0 Å². The van der Waals surface area contributed by atoms with E-state index in [0.29, 0.717) is 12.5 Å². The molecule has 84 valence electrons. The molecule has 4 nitrogen and oxygen atoms in total. The Morgan fingerprint density at radius 3 is 2.60 bits per heavy atom. The zero-order chi connectivity index (χ0) is 11.6. The number of nitrogens with zero attached hydrogens (tertiary/aromatic N) is 3. The normalized spacial score (nSPS) is 11.6. The number of aryl methyl sites for hydroxylation is 1. The molecule has 0 unspecified atom stereocenters. The molecular weight excluding hydrogens is 258 g/mol. The topological polar surface area (TPSA) is 49.2 Å². The molecule has 1 aromatic rings. The van der Waals surface area contributed by atoms with Crippen LogP contribution in [0.15, 0.2) is 10.7 Å². The van der Waals surface area contributed by atoms with Gasteiger partial charge in [0, 0.05) is 19.8 Å². The molecule has 1 rings (SSSR count). The number of rotatable bonds is 3. The summed E-state index contributed by atoms with van der Waals surface area (Å²) in [4.78, 5) is 10.3. The molecule has 0 aliphatic rings. The Labute approximate surface area is 98.5 Å². The van der Waals surface area contributed by atoms with Crippen molar-refractivity contribution in [2.24, 2.45) is 0 Å². The first-order valence-electron chi connectivity index (χ1n) is 4.72. The molecule has 1 heterocycles. The summed E-state index contributed by atoms with van der Waals surface area (Å²) in [7, 11) is 1.86. The summed E-state index contributed by atoms with van der Waals surface area (Å²) in [6.45, 7) is 5.92. The third-order valence-electron chi connectivity index (χ3n) is 1.87. The zero-order valence-corrected chi connectivity index (χ0v) is 11.0. The highest BCUT2D eigenvalue weighted by Crippen LogP contribution is 2.16. The molecule has 0 bridgehead atoms. The molecule has 0 radical (unpaired) electrons. The van der Waals surface area contributed by atoms with Crippen molar-refractivity contribution in [1.82, 2.24) is 9.97 Å². The van der Waals surface area contributed by atoms with Crippen LogP contribution in [0.5, 0.6) is 0 Å². The van der Waals surface area contributed by atoms with Crippen LogP contribution in [0.3, 0.4) is 0 Å². The number of aromatic nitrogens is 2. The van der Waals surface area contributed by atoms with Gasteiger partial charge in [0.25, 0.3) is 0 Å². The standard InChI is InChI=1S/C10H16BrN3O/c1-7-8(11)5-12-9(13-7)14(4)6-10(2,3)15/h5,15H,6H2,1-4H3. The van der Waals surface area contributed by atoms with E-state index < -0.39 is 5.60 Å². The summed E-state index contributed by atoms with van der Waals surface area (Å²) < 4.78 is 0.892. The van der Waals surface area contributed by atoms with Crippen LogP contribution in [-0.2, 0) is 0 Å². The van der Waals surface area contributed by atoms with Crippen LogP contribution < -0.4 is 4.90 Å². The third-order valence-corrected chi connectivity index (χ3v) is 2.65. The van der Waals surface area contributed by atoms with E-state index in [9.17, 15) is 5.11 Å². The van der Waals surface area contributed by atoms with Gasteiger partial charge in [-0.05, 0) is 36.7 Å². The second-order valence-corrected chi connectivity index (χ2v) is 5.13. The van der Waals surface area contributed by atoms with Crippen molar-refractivity contribution in [3.8, 4) is 0 Å². The Bertz CT molecular complexity index is 349. The minimum atomic E-state index is -0.751. The zero-order valence-electron chi connectivity index (χ0n) is 9.45. The quantitative estimate of drug-likeness (QED) is 0.912. The summed E-state index contributed by atoms with van der Waals surface area (Å²) in [5.41, 5.74) is 0.140. The number of hydrogen-bond acceptors (Lipinski definition) is 4. The molecule has 0 fully saturated rings. The van der Waals surface area contributed by atoms with Crippen molar-refractivity contribution in [2.75, 3.05) is 18.5 Å². The summed E-state index contributed by atoms with van der Waals surface area (Å²) in [6, 6.07) is 0. The summed E-state index contributed by atoms with van der Waals surface area (Å²) in [6.07, 6.45) is 1.72. The molecular formula is C10H16BrN3O. The molecule has 15 heavy (non-hydrogen) atoms. The summed E-state index contributed by atoms with van der Waals surface area (Å²) in [5, 5.41) is 9.67. The maximum Gasteiger partial charge on any atom is 0.225 e. The van der Waals surface area contributed by atoms with Gasteiger partial charge < -0.3 is 10.0 Å². The Balaban J connectivity index is 2.83. The molecule has 0 aliphatic carbocycles. The van der Waals surface area contributed by atoms with Crippen molar-refractivity contribution < 1.29 is 5.11 Å². The largest absolute Gasteiger partial charge is 0.389 e. The number of aliphatic hydroxyl groups is 1. The smallest absolute Gasteiger partial charge is 0.225 e. The van der Waals surface area contributed by atoms with Crippen molar-refractivity contribution >= 4 is 21.9 Å². The fraction of sp³-hybridized carbons (Fsp3) is 0.600. The first kappa shape index (κ1) is 12.4. The van der Waals surface area contributed by atoms with Crippen LogP contribution in [-0.4, -0.2) is 34.3 Å². The lowest BCUT2D eigenvalue weighted by molar-refractivity contribution is 0.0883. The highest BCUT2D eigenvalue weighted by Gasteiger charge is 2.17. The highest BCUT2D eigenvalue weighted by atomic mass is 79.9. The molecule has 0 amide bonds. The molecule has 0 aliphatic heterocycles. The van der Waals surface area contributed by atoms with Gasteiger partial charge in [-0.25, -0.2) is 9.97 Å². The van der Waals surface area contributed by atoms with E-state index in [-0.39, 0.29) is 0 Å². The highest BCUT2D eigenvalue weighted by molar-refractivity contribution is 9.10. The maximum atomic E-state index is 9.67. The monoisotopic (exact) mass is 273 g/mol. The van der Waals surface area contributed by atoms with Crippen molar-refractivity contribution in [3.05, 3.63) is 16.4 Å². The molecule has 0 aromatic carbocycles. The Morgan fingerprint density at radius 2 is 2.13 bits per heavy atom. The Hall–Kier alpha value is -0.680. The van der Waals surface area contributed by atoms with E-state index in [2.05, 4.69) is 25.9 Å². The summed E-state index contributed by atoms with van der Waals surface area (Å²) in [5.74, 6) is 0.623. The van der Waals surface area contributed by atoms with Gasteiger partial charge in [-0.1, -0.05) is 0 Å². The number of anilines is 1. The van der Waals surface area contributed by atoms with E-state index in [0.717, 1.165) is 10.2 Å². The minimum Gasteiger partial charge on any atom is -0.389 e. The summed E-state index contributed by atoms with van der Waals surface area (Å²) >= 11 is 3.35. The average molecular weight is 274 g/mol. The minimum absolute atomic E-state index is 0.494. The molecule has 1 aromatic heterocycles. The van der Waals surface area contributed by atoms with Gasteiger partial charge in [0.15, 0.2) is 0 Å². The predicted octanol–water partition coefficient (Wildman–Crippen LogP) is 1.75. The molecule has 0 spiro atoms. The van der Waals surface area contributed by atoms with Gasteiger partial charge >= 0.3 is 0 Å². The lowest BCUT2D eigenvalue weighted by Gasteiger charge is -2.25. The van der Waals surface area contributed by atoms with Gasteiger partial charge in [0.1, 0.15) is 0 Å². The van der Waals surface area contributed by atoms with Gasteiger partial charge in [-0.3, -0.25) is 0 Å². The van der Waals surface area contributed by atoms with Gasteiger partial charge in [0.2, 0.25) is 5.95 Å². The second-order valence-electron chi connectivity index (χ2n) is 4.27. The molecule has 5 heteroatoms. The maximum absolute atomic E-state index is 9.67. The third kappa shape index (κ3) is 3.76. The number of hydrogen-bond donors (Lipinski definition) is 1. The average Bonchev–Trinajstić information content (AvgIpc) is 2.06. The Kier molecular flexibility index (Phi) is 3.67. The van der Waals surface area contributed by atoms with Gasteiger partial charge in [-0.2, -0.15) is 0 Å². The van der Waals surface area contributed by atoms with Gasteiger partial charge in [0.05, 0.1) is 15.8 Å². The fourth-order valence-corrected chi connectivity index (χ4v) is 1.47. The first-order chi connectivity index (χ1) is 6.79. The van der Waals surface area contributed by atoms with Crippen molar-refractivity contribution in [3.63, 3.8) is 0 Å². The predicted molar refractivity (Wildman–Crippen MR) is 64.0 cm³/mol. The van der Waals surface area contributed by atoms with E-state index >= 15 is 0 Å². The SMILES string of the molecule is Cc1nc(N(C)CC(C)(C)O)ncc1Br.